The lowest BCUT2D eigenvalue weighted by Gasteiger charge is -2.33. The van der Waals surface area contributed by atoms with Crippen LogP contribution >= 0.6 is 0 Å². The van der Waals surface area contributed by atoms with Crippen molar-refractivity contribution in [2.75, 3.05) is 18.5 Å². The first-order valence-corrected chi connectivity index (χ1v) is 11.3. The quantitative estimate of drug-likeness (QED) is 0.475. The summed E-state index contributed by atoms with van der Waals surface area (Å²) in [5.41, 5.74) is 4.95. The van der Waals surface area contributed by atoms with Crippen LogP contribution in [0.5, 0.6) is 5.75 Å². The number of nitrogens with zero attached hydrogens (tertiary/aromatic N) is 2. The van der Waals surface area contributed by atoms with Crippen LogP contribution in [-0.4, -0.2) is 41.9 Å². The topological polar surface area (TPSA) is 53.9 Å². The van der Waals surface area contributed by atoms with Gasteiger partial charge in [0.1, 0.15) is 11.8 Å². The Morgan fingerprint density at radius 2 is 1.84 bits per heavy atom. The van der Waals surface area contributed by atoms with E-state index in [0.29, 0.717) is 6.61 Å². The van der Waals surface area contributed by atoms with Gasteiger partial charge >= 0.3 is 0 Å². The molecule has 3 rings (SSSR count). The molecule has 0 bridgehead atoms. The van der Waals surface area contributed by atoms with E-state index in [2.05, 4.69) is 49.3 Å². The van der Waals surface area contributed by atoms with E-state index in [4.69, 9.17) is 4.74 Å². The molecule has 0 saturated heterocycles. The summed E-state index contributed by atoms with van der Waals surface area (Å²) in [5.74, 6) is 0.761. The summed E-state index contributed by atoms with van der Waals surface area (Å²) in [5, 5.41) is 3.17. The van der Waals surface area contributed by atoms with Gasteiger partial charge in [-0.3, -0.25) is 9.79 Å². The van der Waals surface area contributed by atoms with E-state index in [1.807, 2.05) is 62.3 Å². The van der Waals surface area contributed by atoms with Crippen LogP contribution < -0.4 is 10.1 Å². The van der Waals surface area contributed by atoms with Crippen LogP contribution in [0.3, 0.4) is 0 Å². The lowest BCUT2D eigenvalue weighted by atomic mass is 9.95. The van der Waals surface area contributed by atoms with Crippen LogP contribution in [0, 0.1) is 13.8 Å². The molecule has 0 spiro atoms. The first kappa shape index (κ1) is 23.6. The molecule has 0 aliphatic carbocycles. The number of benzene rings is 2. The van der Waals surface area contributed by atoms with Crippen molar-refractivity contribution in [3.63, 3.8) is 0 Å². The molecular weight excluding hydrogens is 398 g/mol. The van der Waals surface area contributed by atoms with Crippen molar-refractivity contribution in [1.82, 2.24) is 4.90 Å². The van der Waals surface area contributed by atoms with Gasteiger partial charge in [-0.15, -0.1) is 0 Å². The minimum Gasteiger partial charge on any atom is -0.494 e. The van der Waals surface area contributed by atoms with Gasteiger partial charge in [-0.25, -0.2) is 0 Å². The van der Waals surface area contributed by atoms with Crippen molar-refractivity contribution in [3.8, 4) is 5.75 Å². The number of nitrogens with one attached hydrogen (secondary N) is 1. The molecule has 2 aromatic rings. The largest absolute Gasteiger partial charge is 0.494 e. The number of aliphatic imine (C=N–C) groups is 1. The van der Waals surface area contributed by atoms with E-state index in [1.165, 1.54) is 5.57 Å². The molecule has 1 amide bonds. The summed E-state index contributed by atoms with van der Waals surface area (Å²) < 4.78 is 5.64. The fourth-order valence-electron chi connectivity index (χ4n) is 3.82. The molecule has 170 valence electrons. The fraction of sp³-hybridized carbons (Fsp3) is 0.407. The molecule has 1 aliphatic rings. The second-order valence-electron chi connectivity index (χ2n) is 9.26. The molecule has 1 heterocycles. The molecule has 1 unspecified atom stereocenters. The maximum Gasteiger partial charge on any atom is 0.251 e. The van der Waals surface area contributed by atoms with Crippen molar-refractivity contribution >= 4 is 23.5 Å². The van der Waals surface area contributed by atoms with Crippen LogP contribution in [0.2, 0.25) is 0 Å². The Morgan fingerprint density at radius 1 is 1.19 bits per heavy atom. The van der Waals surface area contributed by atoms with Crippen molar-refractivity contribution in [2.45, 2.75) is 59.5 Å². The van der Waals surface area contributed by atoms with Crippen LogP contribution in [0.1, 0.15) is 50.8 Å². The number of hydrogen-bond donors (Lipinski definition) is 1. The predicted molar refractivity (Wildman–Crippen MR) is 133 cm³/mol. The number of carbonyl (C=O) groups excluding carboxylic acids is 1. The SMILES string of the molecule is CCOc1cc(C)c(NC(=O)C2C=C(c3ccccc3)CCN2C=NC(C)(C)C)c(C)c1. The van der Waals surface area contributed by atoms with E-state index >= 15 is 0 Å². The molecule has 1 aliphatic heterocycles. The third-order valence-corrected chi connectivity index (χ3v) is 5.43. The Hall–Kier alpha value is -3.08. The van der Waals surface area contributed by atoms with Crippen LogP contribution in [0.25, 0.3) is 5.57 Å². The van der Waals surface area contributed by atoms with E-state index in [9.17, 15) is 4.79 Å². The molecule has 1 atom stereocenters. The molecule has 0 fully saturated rings. The zero-order valence-corrected chi connectivity index (χ0v) is 20.1. The smallest absolute Gasteiger partial charge is 0.251 e. The van der Waals surface area contributed by atoms with E-state index in [0.717, 1.165) is 41.1 Å². The summed E-state index contributed by atoms with van der Waals surface area (Å²) in [4.78, 5) is 20.2. The highest BCUT2D eigenvalue weighted by Gasteiger charge is 2.28. The normalized spacial score (nSPS) is 16.8. The number of anilines is 1. The summed E-state index contributed by atoms with van der Waals surface area (Å²) >= 11 is 0. The highest BCUT2D eigenvalue weighted by molar-refractivity contribution is 6.00. The third-order valence-electron chi connectivity index (χ3n) is 5.43. The molecule has 0 radical (unpaired) electrons. The second kappa shape index (κ2) is 10.0. The molecule has 0 aromatic heterocycles. The number of hydrogen-bond acceptors (Lipinski definition) is 3. The maximum absolute atomic E-state index is 13.5. The number of amides is 1. The molecule has 1 N–H and O–H groups in total. The minimum atomic E-state index is -0.435. The number of aryl methyl sites for hydroxylation is 2. The summed E-state index contributed by atoms with van der Waals surface area (Å²) in [7, 11) is 0. The van der Waals surface area contributed by atoms with Gasteiger partial charge in [0.2, 0.25) is 0 Å². The summed E-state index contributed by atoms with van der Waals surface area (Å²) in [6.07, 6.45) is 4.77. The molecular formula is C27H35N3O2. The molecule has 32 heavy (non-hydrogen) atoms. The van der Waals surface area contributed by atoms with Crippen LogP contribution in [0.4, 0.5) is 5.69 Å². The summed E-state index contributed by atoms with van der Waals surface area (Å²) in [6.45, 7) is 13.5. The highest BCUT2D eigenvalue weighted by Crippen LogP contribution is 2.29. The standard InChI is InChI=1S/C27H35N3O2/c1-7-32-23-15-19(2)25(20(3)16-23)29-26(31)24-17-22(21-11-9-8-10-12-21)13-14-30(24)18-28-27(4,5)6/h8-12,15-18,24H,7,13-14H2,1-6H3,(H,29,31). The average Bonchev–Trinajstić information content (AvgIpc) is 2.75. The number of ether oxygens (including phenoxy) is 1. The Kier molecular flexibility index (Phi) is 7.39. The Labute approximate surface area is 192 Å². The van der Waals surface area contributed by atoms with Gasteiger partial charge in [0.15, 0.2) is 0 Å². The zero-order chi connectivity index (χ0) is 23.3. The van der Waals surface area contributed by atoms with Crippen molar-refractivity contribution < 1.29 is 9.53 Å². The zero-order valence-electron chi connectivity index (χ0n) is 20.1. The second-order valence-corrected chi connectivity index (χ2v) is 9.26. The van der Waals surface area contributed by atoms with Gasteiger partial charge in [0.05, 0.1) is 18.5 Å². The van der Waals surface area contributed by atoms with Gasteiger partial charge in [-0.1, -0.05) is 30.3 Å². The van der Waals surface area contributed by atoms with Gasteiger partial charge in [-0.2, -0.15) is 0 Å². The van der Waals surface area contributed by atoms with Crippen molar-refractivity contribution in [1.29, 1.82) is 0 Å². The fourth-order valence-corrected chi connectivity index (χ4v) is 3.82. The van der Waals surface area contributed by atoms with Gasteiger partial charge in [0, 0.05) is 12.2 Å². The van der Waals surface area contributed by atoms with Crippen LogP contribution in [0.15, 0.2) is 53.5 Å². The maximum atomic E-state index is 13.5. The molecule has 5 nitrogen and oxygen atoms in total. The Morgan fingerprint density at radius 3 is 2.44 bits per heavy atom. The third kappa shape index (κ3) is 6.00. The lowest BCUT2D eigenvalue weighted by Crippen LogP contribution is -2.45. The average molecular weight is 434 g/mol. The van der Waals surface area contributed by atoms with Gasteiger partial charge < -0.3 is 15.0 Å². The van der Waals surface area contributed by atoms with Crippen LogP contribution in [-0.2, 0) is 4.79 Å². The van der Waals surface area contributed by atoms with Crippen molar-refractivity contribution in [3.05, 3.63) is 65.2 Å². The first-order valence-electron chi connectivity index (χ1n) is 11.3. The number of rotatable bonds is 6. The van der Waals surface area contributed by atoms with Gasteiger partial charge in [-0.05, 0) is 88.4 Å². The van der Waals surface area contributed by atoms with E-state index in [-0.39, 0.29) is 11.4 Å². The van der Waals surface area contributed by atoms with Gasteiger partial charge in [0.25, 0.3) is 5.91 Å². The van der Waals surface area contributed by atoms with E-state index in [1.54, 1.807) is 0 Å². The molecule has 2 aromatic carbocycles. The monoisotopic (exact) mass is 433 g/mol. The van der Waals surface area contributed by atoms with Crippen molar-refractivity contribution in [2.24, 2.45) is 4.99 Å². The van der Waals surface area contributed by atoms with E-state index < -0.39 is 6.04 Å². The Balaban J connectivity index is 1.92. The highest BCUT2D eigenvalue weighted by atomic mass is 16.5. The predicted octanol–water partition coefficient (Wildman–Crippen LogP) is 5.63. The lowest BCUT2D eigenvalue weighted by molar-refractivity contribution is -0.118. The molecule has 0 saturated carbocycles. The Bertz CT molecular complexity index is 980. The minimum absolute atomic E-state index is 0.0612. The number of carbonyl (C=O) groups is 1. The first-order chi connectivity index (χ1) is 15.2. The molecule has 5 heteroatoms. The summed E-state index contributed by atoms with van der Waals surface area (Å²) in [6, 6.07) is 13.8.